The molecular weight excluding hydrogens is 188 g/mol. The quantitative estimate of drug-likeness (QED) is 0.571. The lowest BCUT2D eigenvalue weighted by Gasteiger charge is -2.02. The number of phenolic OH excluding ortho intramolecular Hbond substituents is 1. The Morgan fingerprint density at radius 1 is 1.54 bits per heavy atom. The second kappa shape index (κ2) is 4.77. The van der Waals surface area contributed by atoms with E-state index in [4.69, 9.17) is 9.84 Å². The van der Waals surface area contributed by atoms with Crippen LogP contribution in [-0.2, 0) is 4.74 Å². The van der Waals surface area contributed by atoms with Gasteiger partial charge >= 0.3 is 5.97 Å². The van der Waals surface area contributed by atoms with E-state index in [0.29, 0.717) is 11.3 Å². The number of benzene rings is 1. The van der Waals surface area contributed by atoms with Crippen LogP contribution in [-0.4, -0.2) is 23.4 Å². The number of hydrogen-bond acceptors (Lipinski definition) is 4. The molecule has 1 rings (SSSR count). The zero-order chi connectivity index (χ0) is 9.68. The van der Waals surface area contributed by atoms with E-state index in [9.17, 15) is 4.79 Å². The third-order valence-corrected chi connectivity index (χ3v) is 1.59. The maximum absolute atomic E-state index is 11.2. The highest BCUT2D eigenvalue weighted by Crippen LogP contribution is 2.11. The maximum Gasteiger partial charge on any atom is 0.338 e. The molecule has 0 aliphatic heterocycles. The molecule has 0 spiro atoms. The molecule has 0 aromatic heterocycles. The molecule has 1 aromatic rings. The highest BCUT2D eigenvalue weighted by molar-refractivity contribution is 7.80. The number of ether oxygens (including phenoxy) is 1. The fraction of sp³-hybridized carbons (Fsp3) is 0.222. The van der Waals surface area contributed by atoms with Gasteiger partial charge in [0.25, 0.3) is 0 Å². The van der Waals surface area contributed by atoms with Crippen molar-refractivity contribution in [2.45, 2.75) is 0 Å². The average molecular weight is 198 g/mol. The Morgan fingerprint density at radius 2 is 2.31 bits per heavy atom. The standard InChI is InChI=1S/C9H10O3S/c10-8-3-1-2-7(6-8)9(11)12-4-5-13/h1-3,6,10,13H,4-5H2. The zero-order valence-corrected chi connectivity index (χ0v) is 7.83. The van der Waals surface area contributed by atoms with Crippen molar-refractivity contribution in [3.8, 4) is 5.75 Å². The van der Waals surface area contributed by atoms with Gasteiger partial charge in [0.15, 0.2) is 0 Å². The smallest absolute Gasteiger partial charge is 0.338 e. The zero-order valence-electron chi connectivity index (χ0n) is 6.93. The molecule has 70 valence electrons. The van der Waals surface area contributed by atoms with Crippen LogP contribution >= 0.6 is 12.6 Å². The first-order chi connectivity index (χ1) is 6.24. The Bertz CT molecular complexity index is 299. The number of rotatable bonds is 3. The highest BCUT2D eigenvalue weighted by atomic mass is 32.1. The van der Waals surface area contributed by atoms with Gasteiger partial charge in [-0.3, -0.25) is 0 Å². The number of hydrogen-bond donors (Lipinski definition) is 2. The van der Waals surface area contributed by atoms with E-state index >= 15 is 0 Å². The molecule has 1 N–H and O–H groups in total. The Labute approximate surface area is 81.8 Å². The maximum atomic E-state index is 11.2. The Morgan fingerprint density at radius 3 is 2.92 bits per heavy atom. The molecule has 0 heterocycles. The van der Waals surface area contributed by atoms with Crippen molar-refractivity contribution in [2.24, 2.45) is 0 Å². The highest BCUT2D eigenvalue weighted by Gasteiger charge is 2.06. The molecule has 4 heteroatoms. The first kappa shape index (κ1) is 9.92. The van der Waals surface area contributed by atoms with Crippen molar-refractivity contribution < 1.29 is 14.6 Å². The van der Waals surface area contributed by atoms with E-state index in [1.165, 1.54) is 12.1 Å². The number of esters is 1. The van der Waals surface area contributed by atoms with E-state index < -0.39 is 5.97 Å². The summed E-state index contributed by atoms with van der Waals surface area (Å²) >= 11 is 3.90. The van der Waals surface area contributed by atoms with Gasteiger partial charge in [0, 0.05) is 5.75 Å². The molecule has 0 unspecified atom stereocenters. The summed E-state index contributed by atoms with van der Waals surface area (Å²) in [6.07, 6.45) is 0. The predicted octanol–water partition coefficient (Wildman–Crippen LogP) is 1.48. The molecule has 0 saturated carbocycles. The summed E-state index contributed by atoms with van der Waals surface area (Å²) < 4.78 is 4.81. The minimum absolute atomic E-state index is 0.0559. The molecule has 0 radical (unpaired) electrons. The summed E-state index contributed by atoms with van der Waals surface area (Å²) in [5, 5.41) is 9.06. The van der Waals surface area contributed by atoms with Gasteiger partial charge in [-0.05, 0) is 18.2 Å². The number of carbonyl (C=O) groups is 1. The number of thiol groups is 1. The molecule has 0 aliphatic carbocycles. The molecule has 0 atom stereocenters. The summed E-state index contributed by atoms with van der Waals surface area (Å²) in [7, 11) is 0. The average Bonchev–Trinajstić information content (AvgIpc) is 2.14. The van der Waals surface area contributed by atoms with E-state index in [-0.39, 0.29) is 12.4 Å². The Hall–Kier alpha value is -1.16. The molecular formula is C9H10O3S. The van der Waals surface area contributed by atoms with E-state index in [0.717, 1.165) is 0 Å². The van der Waals surface area contributed by atoms with Crippen LogP contribution in [0.15, 0.2) is 24.3 Å². The Kier molecular flexibility index (Phi) is 3.64. The van der Waals surface area contributed by atoms with Crippen molar-refractivity contribution in [1.29, 1.82) is 0 Å². The largest absolute Gasteiger partial charge is 0.508 e. The van der Waals surface area contributed by atoms with Gasteiger partial charge in [0.1, 0.15) is 12.4 Å². The molecule has 1 aromatic carbocycles. The van der Waals surface area contributed by atoms with Crippen LogP contribution in [0, 0.1) is 0 Å². The lowest BCUT2D eigenvalue weighted by Crippen LogP contribution is -2.06. The monoisotopic (exact) mass is 198 g/mol. The van der Waals surface area contributed by atoms with Crippen molar-refractivity contribution in [3.05, 3.63) is 29.8 Å². The SMILES string of the molecule is O=C(OCCS)c1cccc(O)c1. The predicted molar refractivity (Wildman–Crippen MR) is 52.2 cm³/mol. The third-order valence-electron chi connectivity index (χ3n) is 1.41. The van der Waals surface area contributed by atoms with Crippen LogP contribution in [0.2, 0.25) is 0 Å². The minimum atomic E-state index is -0.440. The molecule has 0 bridgehead atoms. The molecule has 13 heavy (non-hydrogen) atoms. The lowest BCUT2D eigenvalue weighted by molar-refractivity contribution is 0.0530. The van der Waals surface area contributed by atoms with Crippen LogP contribution in [0.5, 0.6) is 5.75 Å². The van der Waals surface area contributed by atoms with Gasteiger partial charge in [0.2, 0.25) is 0 Å². The fourth-order valence-electron chi connectivity index (χ4n) is 0.855. The number of phenols is 1. The summed E-state index contributed by atoms with van der Waals surface area (Å²) in [5.74, 6) is 0.107. The number of aromatic hydroxyl groups is 1. The van der Waals surface area contributed by atoms with Gasteiger partial charge in [-0.2, -0.15) is 12.6 Å². The van der Waals surface area contributed by atoms with E-state index in [1.54, 1.807) is 12.1 Å². The molecule has 0 fully saturated rings. The fourth-order valence-corrected chi connectivity index (χ4v) is 0.946. The van der Waals surface area contributed by atoms with Gasteiger partial charge < -0.3 is 9.84 Å². The minimum Gasteiger partial charge on any atom is -0.508 e. The van der Waals surface area contributed by atoms with Crippen molar-refractivity contribution >= 4 is 18.6 Å². The van der Waals surface area contributed by atoms with Crippen molar-refractivity contribution in [1.82, 2.24) is 0 Å². The second-order valence-electron chi connectivity index (χ2n) is 2.41. The van der Waals surface area contributed by atoms with Gasteiger partial charge in [-0.1, -0.05) is 6.07 Å². The molecule has 0 amide bonds. The Balaban J connectivity index is 2.66. The number of carbonyl (C=O) groups excluding carboxylic acids is 1. The molecule has 3 nitrogen and oxygen atoms in total. The van der Waals surface area contributed by atoms with Gasteiger partial charge in [0.05, 0.1) is 5.56 Å². The first-order valence-corrected chi connectivity index (χ1v) is 4.44. The first-order valence-electron chi connectivity index (χ1n) is 3.81. The van der Waals surface area contributed by atoms with Crippen LogP contribution in [0.1, 0.15) is 10.4 Å². The summed E-state index contributed by atoms with van der Waals surface area (Å²) in [4.78, 5) is 11.2. The van der Waals surface area contributed by atoms with Gasteiger partial charge in [-0.15, -0.1) is 0 Å². The van der Waals surface area contributed by atoms with E-state index in [1.807, 2.05) is 0 Å². The third kappa shape index (κ3) is 2.99. The van der Waals surface area contributed by atoms with Crippen molar-refractivity contribution in [2.75, 3.05) is 12.4 Å². The molecule has 0 saturated heterocycles. The van der Waals surface area contributed by atoms with Gasteiger partial charge in [-0.25, -0.2) is 4.79 Å². The van der Waals surface area contributed by atoms with Crippen LogP contribution in [0.25, 0.3) is 0 Å². The summed E-state index contributed by atoms with van der Waals surface area (Å²) in [6, 6.07) is 6.03. The van der Waals surface area contributed by atoms with Crippen LogP contribution < -0.4 is 0 Å². The summed E-state index contributed by atoms with van der Waals surface area (Å²) in [5.41, 5.74) is 0.349. The normalized spacial score (nSPS) is 9.62. The lowest BCUT2D eigenvalue weighted by atomic mass is 10.2. The summed E-state index contributed by atoms with van der Waals surface area (Å²) in [6.45, 7) is 0.275. The topological polar surface area (TPSA) is 46.5 Å². The van der Waals surface area contributed by atoms with Crippen LogP contribution in [0.4, 0.5) is 0 Å². The second-order valence-corrected chi connectivity index (χ2v) is 2.86. The van der Waals surface area contributed by atoms with E-state index in [2.05, 4.69) is 12.6 Å². The van der Waals surface area contributed by atoms with Crippen molar-refractivity contribution in [3.63, 3.8) is 0 Å². The molecule has 0 aliphatic rings. The van der Waals surface area contributed by atoms with Crippen LogP contribution in [0.3, 0.4) is 0 Å².